The molecular weight excluding hydrogens is 440 g/mol. The first-order valence-corrected chi connectivity index (χ1v) is 11.7. The third-order valence-electron chi connectivity index (χ3n) is 6.31. The van der Waals surface area contributed by atoms with Gasteiger partial charge in [-0.05, 0) is 53.3 Å². The second-order valence-corrected chi connectivity index (χ2v) is 8.60. The number of nitrogens with zero attached hydrogens (tertiary/aromatic N) is 5. The largest absolute Gasteiger partial charge is 0.453 e. The molecule has 3 aromatic heterocycles. The van der Waals surface area contributed by atoms with E-state index in [9.17, 15) is 4.79 Å². The van der Waals surface area contributed by atoms with Gasteiger partial charge in [0.2, 0.25) is 0 Å². The van der Waals surface area contributed by atoms with Crippen molar-refractivity contribution in [2.24, 2.45) is 0 Å². The number of benzene rings is 1. The van der Waals surface area contributed by atoms with Gasteiger partial charge in [-0.1, -0.05) is 24.3 Å². The van der Waals surface area contributed by atoms with Crippen LogP contribution in [-0.4, -0.2) is 59.2 Å². The number of rotatable bonds is 5. The number of pyridine rings is 3. The first kappa shape index (κ1) is 22.6. The van der Waals surface area contributed by atoms with E-state index in [0.717, 1.165) is 41.2 Å². The zero-order valence-corrected chi connectivity index (χ0v) is 19.9. The zero-order valence-electron chi connectivity index (χ0n) is 19.9. The van der Waals surface area contributed by atoms with Crippen LogP contribution in [0.1, 0.15) is 11.3 Å². The Kier molecular flexibility index (Phi) is 6.43. The highest BCUT2D eigenvalue weighted by Crippen LogP contribution is 2.26. The SMILES string of the molecule is COC(=O)N1CCN(c2cc3ccnc(NCc4ccc(-c5ccnc(C)c5)cc4)c3cn2)CC1. The molecule has 4 heterocycles. The molecule has 1 aliphatic heterocycles. The van der Waals surface area contributed by atoms with E-state index < -0.39 is 0 Å². The van der Waals surface area contributed by atoms with E-state index in [4.69, 9.17) is 9.72 Å². The number of anilines is 2. The summed E-state index contributed by atoms with van der Waals surface area (Å²) in [6, 6.07) is 16.7. The molecule has 178 valence electrons. The average Bonchev–Trinajstić information content (AvgIpc) is 2.91. The Morgan fingerprint density at radius 2 is 1.71 bits per heavy atom. The van der Waals surface area contributed by atoms with Crippen molar-refractivity contribution in [1.29, 1.82) is 0 Å². The molecule has 1 saturated heterocycles. The highest BCUT2D eigenvalue weighted by molar-refractivity contribution is 5.92. The van der Waals surface area contributed by atoms with Crippen molar-refractivity contribution >= 4 is 28.5 Å². The number of fused-ring (bicyclic) bond motifs is 1. The highest BCUT2D eigenvalue weighted by atomic mass is 16.5. The molecule has 8 heteroatoms. The lowest BCUT2D eigenvalue weighted by atomic mass is 10.0. The number of aryl methyl sites for hydroxylation is 1. The van der Waals surface area contributed by atoms with Crippen LogP contribution in [0.2, 0.25) is 0 Å². The molecule has 0 spiro atoms. The number of hydrogen-bond donors (Lipinski definition) is 1. The molecule has 0 bridgehead atoms. The van der Waals surface area contributed by atoms with E-state index in [-0.39, 0.29) is 6.09 Å². The molecule has 0 radical (unpaired) electrons. The van der Waals surface area contributed by atoms with Crippen molar-refractivity contribution in [2.45, 2.75) is 13.5 Å². The number of amides is 1. The summed E-state index contributed by atoms with van der Waals surface area (Å²) in [5.74, 6) is 1.71. The molecule has 0 atom stereocenters. The topological polar surface area (TPSA) is 83.5 Å². The maximum Gasteiger partial charge on any atom is 0.409 e. The predicted octanol–water partition coefficient (Wildman–Crippen LogP) is 4.50. The molecule has 35 heavy (non-hydrogen) atoms. The third-order valence-corrected chi connectivity index (χ3v) is 6.31. The van der Waals surface area contributed by atoms with Gasteiger partial charge in [0, 0.05) is 62.4 Å². The summed E-state index contributed by atoms with van der Waals surface area (Å²) in [5, 5.41) is 5.52. The fourth-order valence-corrected chi connectivity index (χ4v) is 4.34. The van der Waals surface area contributed by atoms with Gasteiger partial charge in [-0.25, -0.2) is 14.8 Å². The summed E-state index contributed by atoms with van der Waals surface area (Å²) in [5.41, 5.74) is 4.52. The number of methoxy groups -OCH3 is 1. The first-order valence-electron chi connectivity index (χ1n) is 11.7. The number of piperazine rings is 1. The minimum absolute atomic E-state index is 0.278. The molecule has 4 aromatic rings. The van der Waals surface area contributed by atoms with Gasteiger partial charge < -0.3 is 19.9 Å². The summed E-state index contributed by atoms with van der Waals surface area (Å²) in [4.78, 5) is 29.2. The fraction of sp³-hybridized carbons (Fsp3) is 0.259. The quantitative estimate of drug-likeness (QED) is 0.462. The maximum atomic E-state index is 11.7. The number of carbonyl (C=O) groups excluding carboxylic acids is 1. The number of aromatic nitrogens is 3. The van der Waals surface area contributed by atoms with Crippen molar-refractivity contribution in [2.75, 3.05) is 43.5 Å². The van der Waals surface area contributed by atoms with Gasteiger partial charge in [0.05, 0.1) is 7.11 Å². The average molecular weight is 469 g/mol. The molecule has 0 aliphatic carbocycles. The molecule has 1 amide bonds. The summed E-state index contributed by atoms with van der Waals surface area (Å²) in [7, 11) is 1.41. The van der Waals surface area contributed by atoms with Crippen molar-refractivity contribution in [3.8, 4) is 11.1 Å². The summed E-state index contributed by atoms with van der Waals surface area (Å²) < 4.78 is 4.82. The standard InChI is InChI=1S/C27H28N6O2/c1-19-15-22(7-9-28-19)21-5-3-20(4-6-21)17-31-26-24-18-30-25(16-23(24)8-10-29-26)32-11-13-33(14-12-32)27(34)35-2/h3-10,15-16,18H,11-14,17H2,1-2H3,(H,29,31). The Bertz CT molecular complexity index is 1330. The Balaban J connectivity index is 1.26. The molecule has 5 rings (SSSR count). The Labute approximate surface area is 204 Å². The van der Waals surface area contributed by atoms with Crippen molar-refractivity contribution in [3.63, 3.8) is 0 Å². The smallest absolute Gasteiger partial charge is 0.409 e. The number of ether oxygens (including phenoxy) is 1. The monoisotopic (exact) mass is 468 g/mol. The van der Waals surface area contributed by atoms with E-state index in [1.165, 1.54) is 23.8 Å². The molecule has 8 nitrogen and oxygen atoms in total. The van der Waals surface area contributed by atoms with Crippen LogP contribution in [0, 0.1) is 6.92 Å². The van der Waals surface area contributed by atoms with Gasteiger partial charge in [-0.15, -0.1) is 0 Å². The van der Waals surface area contributed by atoms with Crippen LogP contribution < -0.4 is 10.2 Å². The van der Waals surface area contributed by atoms with E-state index in [2.05, 4.69) is 56.6 Å². The Morgan fingerprint density at radius 3 is 2.46 bits per heavy atom. The van der Waals surface area contributed by atoms with Gasteiger partial charge >= 0.3 is 6.09 Å². The summed E-state index contributed by atoms with van der Waals surface area (Å²) >= 11 is 0. The van der Waals surface area contributed by atoms with Crippen molar-refractivity contribution in [3.05, 3.63) is 78.4 Å². The molecule has 1 aromatic carbocycles. The van der Waals surface area contributed by atoms with Crippen molar-refractivity contribution in [1.82, 2.24) is 19.9 Å². The second-order valence-electron chi connectivity index (χ2n) is 8.60. The lowest BCUT2D eigenvalue weighted by molar-refractivity contribution is 0.121. The zero-order chi connectivity index (χ0) is 24.2. The normalized spacial score (nSPS) is 13.7. The number of carbonyl (C=O) groups is 1. The molecule has 0 saturated carbocycles. The Hall–Kier alpha value is -4.20. The van der Waals surface area contributed by atoms with E-state index in [0.29, 0.717) is 19.6 Å². The minimum Gasteiger partial charge on any atom is -0.453 e. The van der Waals surface area contributed by atoms with Gasteiger partial charge in [-0.2, -0.15) is 0 Å². The van der Waals surface area contributed by atoms with Crippen LogP contribution in [0.5, 0.6) is 0 Å². The van der Waals surface area contributed by atoms with E-state index in [1.54, 1.807) is 4.90 Å². The van der Waals surface area contributed by atoms with Crippen LogP contribution >= 0.6 is 0 Å². The van der Waals surface area contributed by atoms with E-state index >= 15 is 0 Å². The molecule has 0 unspecified atom stereocenters. The van der Waals surface area contributed by atoms with Crippen LogP contribution in [0.25, 0.3) is 21.9 Å². The predicted molar refractivity (Wildman–Crippen MR) is 137 cm³/mol. The highest BCUT2D eigenvalue weighted by Gasteiger charge is 2.22. The van der Waals surface area contributed by atoms with Gasteiger partial charge in [0.1, 0.15) is 11.6 Å². The summed E-state index contributed by atoms with van der Waals surface area (Å²) in [6.07, 6.45) is 5.26. The van der Waals surface area contributed by atoms with Gasteiger partial charge in [-0.3, -0.25) is 4.98 Å². The maximum absolute atomic E-state index is 11.7. The second kappa shape index (κ2) is 9.97. The third kappa shape index (κ3) is 5.01. The van der Waals surface area contributed by atoms with E-state index in [1.807, 2.05) is 37.6 Å². The molecular formula is C27H28N6O2. The summed E-state index contributed by atoms with van der Waals surface area (Å²) in [6.45, 7) is 5.35. The van der Waals surface area contributed by atoms with Gasteiger partial charge in [0.25, 0.3) is 0 Å². The van der Waals surface area contributed by atoms with Crippen LogP contribution in [0.15, 0.2) is 67.1 Å². The molecule has 1 aliphatic rings. The molecule has 1 N–H and O–H groups in total. The van der Waals surface area contributed by atoms with Crippen LogP contribution in [0.3, 0.4) is 0 Å². The molecule has 1 fully saturated rings. The Morgan fingerprint density at radius 1 is 0.943 bits per heavy atom. The lowest BCUT2D eigenvalue weighted by Gasteiger charge is -2.34. The number of nitrogens with one attached hydrogen (secondary N) is 1. The lowest BCUT2D eigenvalue weighted by Crippen LogP contribution is -2.49. The first-order chi connectivity index (χ1) is 17.1. The number of hydrogen-bond acceptors (Lipinski definition) is 7. The van der Waals surface area contributed by atoms with Crippen LogP contribution in [-0.2, 0) is 11.3 Å². The minimum atomic E-state index is -0.278. The van der Waals surface area contributed by atoms with Crippen LogP contribution in [0.4, 0.5) is 16.4 Å². The fourth-order valence-electron chi connectivity index (χ4n) is 4.34. The van der Waals surface area contributed by atoms with Gasteiger partial charge in [0.15, 0.2) is 0 Å². The van der Waals surface area contributed by atoms with Crippen molar-refractivity contribution < 1.29 is 9.53 Å².